The molecular weight excluding hydrogens is 291 g/mol. The smallest absolute Gasteiger partial charge is 0.784 e. The van der Waals surface area contributed by atoms with Crippen LogP contribution < -0.4 is 0 Å². The molecule has 0 radical (unpaired) electrons. The summed E-state index contributed by atoms with van der Waals surface area (Å²) < 4.78 is 25.3. The monoisotopic (exact) mass is 293 g/mol. The molecule has 6 heteroatoms. The van der Waals surface area contributed by atoms with Crippen molar-refractivity contribution < 1.29 is 35.7 Å². The molecular formula is H2AuNO3S. The van der Waals surface area contributed by atoms with E-state index >= 15 is 0 Å². The molecule has 0 rings (SSSR count). The molecule has 0 aliphatic heterocycles. The Morgan fingerprint density at radius 2 is 1.33 bits per heavy atom. The van der Waals surface area contributed by atoms with Gasteiger partial charge in [-0.3, -0.25) is 4.21 Å². The Kier molecular flexibility index (Phi) is 24.4. The number of nitrogens with two attached hydrogens (primary N) is 1. The summed E-state index contributed by atoms with van der Waals surface area (Å²) in [6, 6.07) is 0. The zero-order valence-corrected chi connectivity index (χ0v) is 5.49. The first kappa shape index (κ1) is 15.9. The van der Waals surface area contributed by atoms with Crippen molar-refractivity contribution >= 4 is 11.4 Å². The number of hydrogen-bond acceptors (Lipinski definition) is 3. The third-order valence-corrected chi connectivity index (χ3v) is 0. The second kappa shape index (κ2) is 9.24. The van der Waals surface area contributed by atoms with E-state index in [1.165, 1.54) is 0 Å². The number of hydrogen-bond donors (Lipinski definition) is 0. The molecule has 0 heterocycles. The van der Waals surface area contributed by atoms with Gasteiger partial charge >= 0.3 is 22.4 Å². The Labute approximate surface area is 53.5 Å². The first-order valence-electron chi connectivity index (χ1n) is 0.500. The summed E-state index contributed by atoms with van der Waals surface area (Å²) in [5.74, 6) is 0. The Morgan fingerprint density at radius 3 is 1.33 bits per heavy atom. The van der Waals surface area contributed by atoms with Crippen LogP contribution in [0, 0.1) is 0 Å². The third kappa shape index (κ3) is 114. The van der Waals surface area contributed by atoms with Gasteiger partial charge in [0.05, 0.1) is 0 Å². The summed E-state index contributed by atoms with van der Waals surface area (Å²) in [5.41, 5.74) is 0. The average molecular weight is 293 g/mol. The van der Waals surface area contributed by atoms with Crippen LogP contribution in [-0.2, 0) is 33.7 Å². The molecule has 0 saturated heterocycles. The normalized spacial score (nSPS) is 5.83. The molecule has 0 bridgehead atoms. The van der Waals surface area contributed by atoms with E-state index in [-0.39, 0.29) is 28.5 Å². The fourth-order valence-electron chi connectivity index (χ4n) is 0. The summed E-state index contributed by atoms with van der Waals surface area (Å²) in [5, 5.41) is 0. The second-order valence-electron chi connectivity index (χ2n) is 0.204. The van der Waals surface area contributed by atoms with Crippen molar-refractivity contribution in [1.29, 1.82) is 0 Å². The minimum absolute atomic E-state index is 0. The van der Waals surface area contributed by atoms with Gasteiger partial charge in [-0.15, -0.1) is 11.4 Å². The van der Waals surface area contributed by atoms with Crippen LogP contribution in [0.25, 0.3) is 6.15 Å². The van der Waals surface area contributed by atoms with E-state index in [1.54, 1.807) is 0 Å². The molecule has 0 aliphatic rings. The van der Waals surface area contributed by atoms with Gasteiger partial charge in [-0.1, -0.05) is 0 Å². The van der Waals surface area contributed by atoms with Crippen LogP contribution in [0.1, 0.15) is 0 Å². The maximum Gasteiger partial charge on any atom is 3.00 e. The Bertz CT molecular complexity index is 33.8. The van der Waals surface area contributed by atoms with Crippen molar-refractivity contribution in [2.24, 2.45) is 0 Å². The van der Waals surface area contributed by atoms with E-state index in [0.717, 1.165) is 0 Å². The predicted octanol–water partition coefficient (Wildman–Crippen LogP) is -0.289. The van der Waals surface area contributed by atoms with Crippen molar-refractivity contribution in [2.45, 2.75) is 0 Å². The van der Waals surface area contributed by atoms with Gasteiger partial charge in [0.15, 0.2) is 0 Å². The van der Waals surface area contributed by atoms with Gasteiger partial charge in [0.2, 0.25) is 0 Å². The summed E-state index contributed by atoms with van der Waals surface area (Å²) in [7, 11) is 0. The summed E-state index contributed by atoms with van der Waals surface area (Å²) in [6.07, 6.45) is 0. The van der Waals surface area contributed by atoms with Crippen LogP contribution in [0.2, 0.25) is 0 Å². The minimum atomic E-state index is -3.11. The van der Waals surface area contributed by atoms with Crippen LogP contribution in [-0.4, -0.2) is 13.3 Å². The molecule has 0 aromatic carbocycles. The van der Waals surface area contributed by atoms with Crippen molar-refractivity contribution in [2.75, 3.05) is 0 Å². The fraction of sp³-hybridized carbons (Fsp3) is 0. The molecule has 0 unspecified atom stereocenters. The first-order valence-corrected chi connectivity index (χ1v) is 1.50. The van der Waals surface area contributed by atoms with Crippen LogP contribution in [0.5, 0.6) is 0 Å². The summed E-state index contributed by atoms with van der Waals surface area (Å²) >= 11 is -3.11. The minimum Gasteiger partial charge on any atom is -0.784 e. The van der Waals surface area contributed by atoms with E-state index in [2.05, 4.69) is 0 Å². The molecule has 0 aliphatic carbocycles. The van der Waals surface area contributed by atoms with Gasteiger partial charge in [-0.25, -0.2) is 0 Å². The van der Waals surface area contributed by atoms with E-state index < -0.39 is 11.4 Å². The van der Waals surface area contributed by atoms with E-state index in [9.17, 15) is 0 Å². The fourth-order valence-corrected chi connectivity index (χ4v) is 0. The van der Waals surface area contributed by atoms with E-state index in [4.69, 9.17) is 13.3 Å². The van der Waals surface area contributed by atoms with Crippen LogP contribution in [0.4, 0.5) is 0 Å². The zero-order chi connectivity index (χ0) is 3.58. The summed E-state index contributed by atoms with van der Waals surface area (Å²) in [4.78, 5) is 0. The van der Waals surface area contributed by atoms with Gasteiger partial charge in [-0.2, -0.15) is 0 Å². The average Bonchev–Trinajstić information content (AvgIpc) is 0.811. The standard InChI is InChI=1S/Au.H2N.H2O3S/c;;1-4(2)3/h;1H2;(H2,1,2,3)/q+3;-1;/p-2. The summed E-state index contributed by atoms with van der Waals surface area (Å²) in [6.45, 7) is 0. The van der Waals surface area contributed by atoms with E-state index in [0.29, 0.717) is 0 Å². The van der Waals surface area contributed by atoms with Crippen LogP contribution in [0.3, 0.4) is 0 Å². The molecule has 2 N–H and O–H groups in total. The molecule has 42 valence electrons. The molecule has 6 heavy (non-hydrogen) atoms. The molecule has 0 aromatic rings. The maximum absolute atomic E-state index is 8.44. The van der Waals surface area contributed by atoms with Gasteiger partial charge in [0.1, 0.15) is 0 Å². The zero-order valence-electron chi connectivity index (χ0n) is 2.51. The van der Waals surface area contributed by atoms with Crippen LogP contribution in [0.15, 0.2) is 0 Å². The molecule has 0 aromatic heterocycles. The SMILES string of the molecule is O=S([O-])[O-].[Au+3].[NH2-]. The van der Waals surface area contributed by atoms with E-state index in [1.807, 2.05) is 0 Å². The van der Waals surface area contributed by atoms with Gasteiger partial charge in [0.25, 0.3) is 0 Å². The van der Waals surface area contributed by atoms with Gasteiger partial charge in [-0.05, 0) is 0 Å². The van der Waals surface area contributed by atoms with Crippen LogP contribution >= 0.6 is 0 Å². The Balaban J connectivity index is -0.0000000450. The quantitative estimate of drug-likeness (QED) is 0.453. The largest absolute Gasteiger partial charge is 3.00 e. The van der Waals surface area contributed by atoms with Crippen molar-refractivity contribution in [1.82, 2.24) is 0 Å². The predicted molar refractivity (Wildman–Crippen MR) is 15.0 cm³/mol. The Hall–Kier alpha value is 0.770. The molecule has 0 amide bonds. The maximum atomic E-state index is 8.44. The van der Waals surface area contributed by atoms with Gasteiger partial charge < -0.3 is 15.3 Å². The third-order valence-electron chi connectivity index (χ3n) is 0. The van der Waals surface area contributed by atoms with Crippen molar-refractivity contribution in [3.05, 3.63) is 6.15 Å². The molecule has 0 saturated carbocycles. The first-order chi connectivity index (χ1) is 1.73. The Morgan fingerprint density at radius 1 is 1.33 bits per heavy atom. The van der Waals surface area contributed by atoms with Gasteiger partial charge in [0, 0.05) is 0 Å². The molecule has 0 fully saturated rings. The molecule has 4 nitrogen and oxygen atoms in total. The topological polar surface area (TPSA) is 96.7 Å². The van der Waals surface area contributed by atoms with Crippen molar-refractivity contribution in [3.63, 3.8) is 0 Å². The second-order valence-corrected chi connectivity index (χ2v) is 0.612. The number of rotatable bonds is 0. The van der Waals surface area contributed by atoms with Crippen molar-refractivity contribution in [3.8, 4) is 0 Å². The molecule has 0 spiro atoms. The molecule has 0 atom stereocenters.